The molecule has 1 amide bonds. The van der Waals surface area contributed by atoms with Crippen molar-refractivity contribution in [3.8, 4) is 5.75 Å². The number of ether oxygens (including phenoxy) is 1. The molecule has 0 spiro atoms. The quantitative estimate of drug-likeness (QED) is 0.680. The highest BCUT2D eigenvalue weighted by atomic mass is 32.2. The van der Waals surface area contributed by atoms with Gasteiger partial charge in [-0.1, -0.05) is 17.7 Å². The maximum atomic E-state index is 12.9. The summed E-state index contributed by atoms with van der Waals surface area (Å²) in [4.78, 5) is 17.3. The zero-order valence-electron chi connectivity index (χ0n) is 15.6. The van der Waals surface area contributed by atoms with Gasteiger partial charge < -0.3 is 4.74 Å². The van der Waals surface area contributed by atoms with Gasteiger partial charge in [0.15, 0.2) is 9.84 Å². The molecule has 9 heteroatoms. The number of nitrogens with zero attached hydrogens (tertiary/aromatic N) is 3. The fourth-order valence-corrected chi connectivity index (χ4v) is 5.39. The van der Waals surface area contributed by atoms with Gasteiger partial charge in [-0.15, -0.1) is 11.3 Å². The molecule has 27 heavy (non-hydrogen) atoms. The molecule has 1 fully saturated rings. The van der Waals surface area contributed by atoms with Crippen LogP contribution in [0.3, 0.4) is 0 Å². The third-order valence-corrected chi connectivity index (χ3v) is 6.92. The molecule has 7 nitrogen and oxygen atoms in total. The first-order chi connectivity index (χ1) is 12.7. The Bertz CT molecular complexity index is 907. The van der Waals surface area contributed by atoms with Gasteiger partial charge >= 0.3 is 0 Å². The molecule has 1 aromatic heterocycles. The molecule has 1 aliphatic rings. The van der Waals surface area contributed by atoms with Crippen molar-refractivity contribution in [2.75, 3.05) is 25.6 Å². The van der Waals surface area contributed by atoms with Crippen LogP contribution in [0.15, 0.2) is 29.6 Å². The Morgan fingerprint density at radius 1 is 1.30 bits per heavy atom. The maximum absolute atomic E-state index is 12.9. The number of rotatable bonds is 6. The number of carbonyl (C=O) groups excluding carboxylic acids is 1. The molecule has 2 aromatic rings. The van der Waals surface area contributed by atoms with Gasteiger partial charge in [-0.2, -0.15) is 0 Å². The first-order valence-electron chi connectivity index (χ1n) is 8.60. The molecule has 1 atom stereocenters. The Morgan fingerprint density at radius 2 is 2.00 bits per heavy atom. The van der Waals surface area contributed by atoms with Gasteiger partial charge in [0.2, 0.25) is 0 Å². The third-order valence-electron chi connectivity index (χ3n) is 4.35. The molecule has 0 N–H and O–H groups in total. The maximum Gasteiger partial charge on any atom is 0.287 e. The number of carbonyl (C=O) groups is 1. The lowest BCUT2D eigenvalue weighted by Crippen LogP contribution is -2.49. The van der Waals surface area contributed by atoms with Crippen LogP contribution in [0.4, 0.5) is 0 Å². The van der Waals surface area contributed by atoms with E-state index >= 15 is 0 Å². The lowest BCUT2D eigenvalue weighted by atomic mass is 10.2. The van der Waals surface area contributed by atoms with Crippen molar-refractivity contribution in [1.29, 1.82) is 0 Å². The smallest absolute Gasteiger partial charge is 0.287 e. The average Bonchev–Trinajstić information content (AvgIpc) is 3.21. The van der Waals surface area contributed by atoms with Gasteiger partial charge in [0.25, 0.3) is 5.91 Å². The summed E-state index contributed by atoms with van der Waals surface area (Å²) >= 11 is 1.35. The second kappa shape index (κ2) is 7.95. The molecule has 1 saturated heterocycles. The number of amides is 1. The second-order valence-electron chi connectivity index (χ2n) is 6.78. The highest BCUT2D eigenvalue weighted by Gasteiger charge is 2.37. The SMILES string of the molecule is Cc1ccc(OCc2nc(C(=O)N([C@H]3CCS(=O)(=O)C3)N(C)C)cs2)cc1. The Hall–Kier alpha value is -1.97. The number of benzene rings is 1. The molecular formula is C18H23N3O4S2. The van der Waals surface area contributed by atoms with E-state index in [1.165, 1.54) is 16.3 Å². The first-order valence-corrected chi connectivity index (χ1v) is 11.3. The fraction of sp³-hybridized carbons (Fsp3) is 0.444. The highest BCUT2D eigenvalue weighted by molar-refractivity contribution is 7.91. The van der Waals surface area contributed by atoms with Crippen molar-refractivity contribution >= 4 is 27.1 Å². The monoisotopic (exact) mass is 409 g/mol. The summed E-state index contributed by atoms with van der Waals surface area (Å²) < 4.78 is 29.3. The van der Waals surface area contributed by atoms with Crippen LogP contribution < -0.4 is 4.74 Å². The summed E-state index contributed by atoms with van der Waals surface area (Å²) in [5.41, 5.74) is 1.46. The van der Waals surface area contributed by atoms with Crippen molar-refractivity contribution in [3.63, 3.8) is 0 Å². The van der Waals surface area contributed by atoms with E-state index in [4.69, 9.17) is 4.74 Å². The summed E-state index contributed by atoms with van der Waals surface area (Å²) in [6.07, 6.45) is 0.444. The van der Waals surface area contributed by atoms with Gasteiger partial charge in [-0.05, 0) is 25.5 Å². The Kier molecular flexibility index (Phi) is 5.83. The molecule has 2 heterocycles. The number of hydrazine groups is 1. The molecule has 0 radical (unpaired) electrons. The van der Waals surface area contributed by atoms with E-state index in [9.17, 15) is 13.2 Å². The van der Waals surface area contributed by atoms with Crippen LogP contribution in [0.5, 0.6) is 5.75 Å². The lowest BCUT2D eigenvalue weighted by Gasteiger charge is -2.33. The number of aromatic nitrogens is 1. The van der Waals surface area contributed by atoms with Crippen molar-refractivity contribution in [1.82, 2.24) is 15.0 Å². The predicted octanol–water partition coefficient (Wildman–Crippen LogP) is 2.14. The van der Waals surface area contributed by atoms with Crippen LogP contribution in [-0.4, -0.2) is 61.0 Å². The number of hydrogen-bond acceptors (Lipinski definition) is 7. The zero-order valence-corrected chi connectivity index (χ0v) is 17.2. The van der Waals surface area contributed by atoms with Crippen LogP contribution in [0.25, 0.3) is 0 Å². The van der Waals surface area contributed by atoms with E-state index in [0.29, 0.717) is 17.1 Å². The molecular weight excluding hydrogens is 386 g/mol. The van der Waals surface area contributed by atoms with Crippen LogP contribution >= 0.6 is 11.3 Å². The van der Waals surface area contributed by atoms with E-state index in [2.05, 4.69) is 4.98 Å². The largest absolute Gasteiger partial charge is 0.486 e. The molecule has 146 valence electrons. The summed E-state index contributed by atoms with van der Waals surface area (Å²) in [6, 6.07) is 7.37. The standard InChI is InChI=1S/C18H23N3O4S2/c1-13-4-6-15(7-5-13)25-10-17-19-16(11-26-17)18(22)21(20(2)3)14-8-9-27(23,24)12-14/h4-7,11,14H,8-10,12H2,1-3H3/t14-/m0/s1. The van der Waals surface area contributed by atoms with Crippen LogP contribution in [0.1, 0.15) is 27.5 Å². The summed E-state index contributed by atoms with van der Waals surface area (Å²) in [6.45, 7) is 2.29. The van der Waals surface area contributed by atoms with Crippen LogP contribution in [-0.2, 0) is 16.4 Å². The summed E-state index contributed by atoms with van der Waals surface area (Å²) in [5, 5.41) is 5.51. The number of aryl methyl sites for hydroxylation is 1. The fourth-order valence-electron chi connectivity index (χ4n) is 3.01. The normalized spacial score (nSPS) is 18.6. The average molecular weight is 410 g/mol. The molecule has 1 aromatic carbocycles. The molecule has 1 aliphatic heterocycles. The Labute approximate surface area is 163 Å². The molecule has 0 unspecified atom stereocenters. The second-order valence-corrected chi connectivity index (χ2v) is 9.95. The third kappa shape index (κ3) is 4.85. The topological polar surface area (TPSA) is 79.8 Å². The highest BCUT2D eigenvalue weighted by Crippen LogP contribution is 2.22. The Balaban J connectivity index is 1.68. The van der Waals surface area contributed by atoms with E-state index in [-0.39, 0.29) is 30.1 Å². The van der Waals surface area contributed by atoms with Gasteiger partial charge in [0.05, 0.1) is 17.5 Å². The van der Waals surface area contributed by atoms with Crippen molar-refractivity contribution in [2.45, 2.75) is 26.0 Å². The Morgan fingerprint density at radius 3 is 2.59 bits per heavy atom. The zero-order chi connectivity index (χ0) is 19.6. The lowest BCUT2D eigenvalue weighted by molar-refractivity contribution is 0.000514. The minimum Gasteiger partial charge on any atom is -0.486 e. The number of hydrogen-bond donors (Lipinski definition) is 0. The summed E-state index contributed by atoms with van der Waals surface area (Å²) in [7, 11) is 0.380. The van der Waals surface area contributed by atoms with Gasteiger partial charge in [0, 0.05) is 19.5 Å². The van der Waals surface area contributed by atoms with Crippen LogP contribution in [0, 0.1) is 6.92 Å². The van der Waals surface area contributed by atoms with E-state index in [0.717, 1.165) is 11.3 Å². The van der Waals surface area contributed by atoms with Crippen LogP contribution in [0.2, 0.25) is 0 Å². The van der Waals surface area contributed by atoms with Crippen molar-refractivity contribution < 1.29 is 17.9 Å². The van der Waals surface area contributed by atoms with Crippen molar-refractivity contribution in [3.05, 3.63) is 45.9 Å². The predicted molar refractivity (Wildman–Crippen MR) is 105 cm³/mol. The minimum atomic E-state index is -3.09. The molecule has 3 rings (SSSR count). The van der Waals surface area contributed by atoms with E-state index < -0.39 is 9.84 Å². The van der Waals surface area contributed by atoms with E-state index in [1.807, 2.05) is 31.2 Å². The number of sulfone groups is 1. The summed E-state index contributed by atoms with van der Waals surface area (Å²) in [5.74, 6) is 0.557. The first kappa shape index (κ1) is 19.8. The minimum absolute atomic E-state index is 0.00947. The van der Waals surface area contributed by atoms with Gasteiger partial charge in [0.1, 0.15) is 23.1 Å². The molecule has 0 bridgehead atoms. The molecule has 0 aliphatic carbocycles. The van der Waals surface area contributed by atoms with Gasteiger partial charge in [-0.25, -0.2) is 18.4 Å². The van der Waals surface area contributed by atoms with Crippen molar-refractivity contribution in [2.24, 2.45) is 0 Å². The van der Waals surface area contributed by atoms with E-state index in [1.54, 1.807) is 24.5 Å². The molecule has 0 saturated carbocycles. The number of thiazole rings is 1. The van der Waals surface area contributed by atoms with Gasteiger partial charge in [-0.3, -0.25) is 9.80 Å².